The van der Waals surface area contributed by atoms with Crippen LogP contribution in [0.1, 0.15) is 303 Å². The molecule has 2 atom stereocenters. The maximum Gasteiger partial charge on any atom is 0.0667 e. The predicted octanol–water partition coefficient (Wildman–Crippen LogP) is 17.2. The lowest BCUT2D eigenvalue weighted by molar-refractivity contribution is 0.0596. The molecule has 2 unspecified atom stereocenters. The van der Waals surface area contributed by atoms with E-state index < -0.39 is 0 Å². The molecule has 3 heteroatoms. The van der Waals surface area contributed by atoms with Gasteiger partial charge in [0.25, 0.3) is 0 Å². The molecular weight excluding hydrogens is 671 g/mol. The van der Waals surface area contributed by atoms with Gasteiger partial charge in [0, 0.05) is 13.1 Å². The predicted molar refractivity (Wildman–Crippen MR) is 249 cm³/mol. The first kappa shape index (κ1) is 54.9. The third-order valence-corrected chi connectivity index (χ3v) is 12.5. The molecule has 332 valence electrons. The van der Waals surface area contributed by atoms with Gasteiger partial charge in [-0.25, -0.2) is 0 Å². The summed E-state index contributed by atoms with van der Waals surface area (Å²) in [5.74, 6) is 0. The summed E-state index contributed by atoms with van der Waals surface area (Å²) < 4.78 is 0. The van der Waals surface area contributed by atoms with Crippen molar-refractivity contribution in [2.24, 2.45) is 0 Å². The van der Waals surface area contributed by atoms with Crippen molar-refractivity contribution in [2.45, 2.75) is 315 Å². The highest BCUT2D eigenvalue weighted by Crippen LogP contribution is 2.18. The lowest BCUT2D eigenvalue weighted by Crippen LogP contribution is -2.38. The number of unbranched alkanes of at least 4 members (excludes halogenated alkanes) is 39. The molecule has 3 nitrogen and oxygen atoms in total. The van der Waals surface area contributed by atoms with Crippen LogP contribution in [0.25, 0.3) is 0 Å². The fourth-order valence-corrected chi connectivity index (χ4v) is 8.71. The van der Waals surface area contributed by atoms with Crippen LogP contribution >= 0.6 is 0 Å². The Morgan fingerprint density at radius 2 is 0.436 bits per heavy atom. The van der Waals surface area contributed by atoms with Crippen LogP contribution < -0.4 is 0 Å². The van der Waals surface area contributed by atoms with Gasteiger partial charge in [0.2, 0.25) is 0 Å². The average molecular weight is 778 g/mol. The lowest BCUT2D eigenvalue weighted by Gasteiger charge is -2.27. The van der Waals surface area contributed by atoms with Crippen molar-refractivity contribution < 1.29 is 10.2 Å². The van der Waals surface area contributed by atoms with E-state index in [-0.39, 0.29) is 12.2 Å². The van der Waals surface area contributed by atoms with Crippen molar-refractivity contribution in [2.75, 3.05) is 19.6 Å². The molecule has 0 saturated heterocycles. The molecule has 55 heavy (non-hydrogen) atoms. The van der Waals surface area contributed by atoms with Gasteiger partial charge in [-0.2, -0.15) is 0 Å². The molecule has 0 aliphatic rings. The molecule has 0 spiro atoms. The summed E-state index contributed by atoms with van der Waals surface area (Å²) in [5.41, 5.74) is 0. The van der Waals surface area contributed by atoms with Crippen LogP contribution in [0.5, 0.6) is 0 Å². The van der Waals surface area contributed by atoms with Crippen molar-refractivity contribution in [3.63, 3.8) is 0 Å². The highest BCUT2D eigenvalue weighted by Gasteiger charge is 2.16. The summed E-state index contributed by atoms with van der Waals surface area (Å²) in [6, 6.07) is 0. The summed E-state index contributed by atoms with van der Waals surface area (Å²) >= 11 is 0. The van der Waals surface area contributed by atoms with E-state index in [1.807, 2.05) is 0 Å². The van der Waals surface area contributed by atoms with Crippen LogP contribution in [0.3, 0.4) is 0 Å². The van der Waals surface area contributed by atoms with Crippen molar-refractivity contribution >= 4 is 0 Å². The Labute approximate surface area is 349 Å². The molecule has 0 fully saturated rings. The Morgan fingerprint density at radius 3 is 0.655 bits per heavy atom. The number of aliphatic hydroxyl groups is 2. The van der Waals surface area contributed by atoms with Gasteiger partial charge in [-0.1, -0.05) is 284 Å². The smallest absolute Gasteiger partial charge is 0.0667 e. The van der Waals surface area contributed by atoms with Crippen LogP contribution in [0.4, 0.5) is 0 Å². The third-order valence-electron chi connectivity index (χ3n) is 12.5. The van der Waals surface area contributed by atoms with Crippen molar-refractivity contribution in [3.05, 3.63) is 0 Å². The summed E-state index contributed by atoms with van der Waals surface area (Å²) in [6.45, 7) is 9.42. The number of aliphatic hydroxyl groups excluding tert-OH is 2. The molecular formula is C52H107NO2. The van der Waals surface area contributed by atoms with E-state index in [9.17, 15) is 10.2 Å². The number of nitrogens with zero attached hydrogens (tertiary/aromatic N) is 1. The van der Waals surface area contributed by atoms with Gasteiger partial charge >= 0.3 is 0 Å². The highest BCUT2D eigenvalue weighted by molar-refractivity contribution is 4.70. The Bertz CT molecular complexity index is 630. The van der Waals surface area contributed by atoms with Crippen LogP contribution in [0.2, 0.25) is 0 Å². The van der Waals surface area contributed by atoms with E-state index in [1.165, 1.54) is 257 Å². The minimum absolute atomic E-state index is 0.253. The highest BCUT2D eigenvalue weighted by atomic mass is 16.3. The van der Waals surface area contributed by atoms with E-state index in [1.54, 1.807) is 0 Å². The number of rotatable bonds is 49. The van der Waals surface area contributed by atoms with Gasteiger partial charge in [0.1, 0.15) is 0 Å². The number of hydrogen-bond acceptors (Lipinski definition) is 3. The van der Waals surface area contributed by atoms with E-state index in [0.717, 1.165) is 45.3 Å². The fourth-order valence-electron chi connectivity index (χ4n) is 8.71. The average Bonchev–Trinajstić information content (AvgIpc) is 3.18. The topological polar surface area (TPSA) is 43.7 Å². The minimum Gasteiger partial charge on any atom is -0.392 e. The van der Waals surface area contributed by atoms with Gasteiger partial charge in [-0.3, -0.25) is 4.90 Å². The standard InChI is InChI=1S/C52H107NO2/c1-4-7-10-13-16-19-22-25-28-31-34-37-40-43-46-51(54)49-53(48-45-42-39-36-33-30-27-24-21-18-15-12-9-6-3)50-52(55)47-44-41-38-35-32-29-26-23-20-17-14-11-8-5-2/h51-52,54-55H,4-50H2,1-3H3. The molecule has 0 aliphatic heterocycles. The van der Waals surface area contributed by atoms with Crippen LogP contribution in [-0.2, 0) is 0 Å². The minimum atomic E-state index is -0.253. The molecule has 0 aromatic carbocycles. The second-order valence-electron chi connectivity index (χ2n) is 18.4. The molecule has 0 heterocycles. The monoisotopic (exact) mass is 778 g/mol. The first-order chi connectivity index (χ1) is 27.1. The summed E-state index contributed by atoms with van der Waals surface area (Å²) in [4.78, 5) is 2.42. The molecule has 0 saturated carbocycles. The maximum atomic E-state index is 11.0. The Hall–Kier alpha value is -0.120. The second kappa shape index (κ2) is 48.3. The zero-order valence-electron chi connectivity index (χ0n) is 38.7. The third kappa shape index (κ3) is 46.4. The van der Waals surface area contributed by atoms with E-state index in [4.69, 9.17) is 0 Å². The molecule has 0 bridgehead atoms. The maximum absolute atomic E-state index is 11.0. The second-order valence-corrected chi connectivity index (χ2v) is 18.4. The summed E-state index contributed by atoms with van der Waals surface area (Å²) in [6.07, 6.45) is 59.3. The van der Waals surface area contributed by atoms with Crippen molar-refractivity contribution in [1.82, 2.24) is 4.90 Å². The van der Waals surface area contributed by atoms with Crippen molar-refractivity contribution in [3.8, 4) is 0 Å². The Balaban J connectivity index is 4.18. The van der Waals surface area contributed by atoms with E-state index >= 15 is 0 Å². The van der Waals surface area contributed by atoms with Gasteiger partial charge < -0.3 is 10.2 Å². The van der Waals surface area contributed by atoms with Gasteiger partial charge in [0.15, 0.2) is 0 Å². The SMILES string of the molecule is CCCCCCCCCCCCCCCCC(O)CN(CCCCCCCCCCCCCCCC)CC(O)CCCCCCCCCCCCCCCC. The molecule has 0 aromatic rings. The van der Waals surface area contributed by atoms with E-state index in [0.29, 0.717) is 0 Å². The zero-order valence-corrected chi connectivity index (χ0v) is 38.7. The normalized spacial score (nSPS) is 13.0. The molecule has 2 N–H and O–H groups in total. The van der Waals surface area contributed by atoms with Crippen LogP contribution in [0.15, 0.2) is 0 Å². The van der Waals surface area contributed by atoms with E-state index in [2.05, 4.69) is 25.7 Å². The first-order valence-corrected chi connectivity index (χ1v) is 26.2. The fraction of sp³-hybridized carbons (Fsp3) is 1.00. The van der Waals surface area contributed by atoms with Crippen LogP contribution in [0, 0.1) is 0 Å². The molecule has 0 amide bonds. The molecule has 0 rings (SSSR count). The Kier molecular flexibility index (Phi) is 48.1. The van der Waals surface area contributed by atoms with Gasteiger partial charge in [-0.15, -0.1) is 0 Å². The quantitative estimate of drug-likeness (QED) is 0.0605. The molecule has 0 aromatic heterocycles. The zero-order chi connectivity index (χ0) is 40.0. The Morgan fingerprint density at radius 1 is 0.255 bits per heavy atom. The van der Waals surface area contributed by atoms with Gasteiger partial charge in [-0.05, 0) is 25.8 Å². The van der Waals surface area contributed by atoms with Crippen molar-refractivity contribution in [1.29, 1.82) is 0 Å². The molecule has 0 aliphatic carbocycles. The summed E-state index contributed by atoms with van der Waals surface area (Å²) in [7, 11) is 0. The molecule has 0 radical (unpaired) electrons. The largest absolute Gasteiger partial charge is 0.392 e. The number of hydrogen-bond donors (Lipinski definition) is 2. The van der Waals surface area contributed by atoms with Crippen LogP contribution in [-0.4, -0.2) is 47.0 Å². The summed E-state index contributed by atoms with van der Waals surface area (Å²) in [5, 5.41) is 22.0. The first-order valence-electron chi connectivity index (χ1n) is 26.2. The lowest BCUT2D eigenvalue weighted by atomic mass is 10.0. The van der Waals surface area contributed by atoms with Gasteiger partial charge in [0.05, 0.1) is 12.2 Å².